The lowest BCUT2D eigenvalue weighted by Gasteiger charge is -2.17. The summed E-state index contributed by atoms with van der Waals surface area (Å²) >= 11 is 0. The van der Waals surface area contributed by atoms with Crippen LogP contribution in [0.15, 0.2) is 65.7 Å². The van der Waals surface area contributed by atoms with Crippen molar-refractivity contribution in [1.82, 2.24) is 0 Å². The number of fused-ring (bicyclic) bond motifs is 1. The van der Waals surface area contributed by atoms with Crippen LogP contribution in [0.2, 0.25) is 0 Å². The van der Waals surface area contributed by atoms with Crippen LogP contribution in [-0.4, -0.2) is 17.5 Å². The van der Waals surface area contributed by atoms with Crippen LogP contribution in [0.25, 0.3) is 0 Å². The van der Waals surface area contributed by atoms with Crippen molar-refractivity contribution in [2.24, 2.45) is 0 Å². The van der Waals surface area contributed by atoms with Gasteiger partial charge in [0.1, 0.15) is 12.2 Å². The number of allylic oxidation sites excluding steroid dienone is 1. The van der Waals surface area contributed by atoms with Gasteiger partial charge in [-0.3, -0.25) is 9.59 Å². The fourth-order valence-electron chi connectivity index (χ4n) is 2.54. The van der Waals surface area contributed by atoms with Gasteiger partial charge in [-0.15, -0.1) is 0 Å². The van der Waals surface area contributed by atoms with E-state index in [-0.39, 0.29) is 29.1 Å². The molecule has 0 fully saturated rings. The Morgan fingerprint density at radius 2 is 1.43 bits per heavy atom. The molecule has 0 atom stereocenters. The summed E-state index contributed by atoms with van der Waals surface area (Å²) < 4.78 is 5.20. The summed E-state index contributed by atoms with van der Waals surface area (Å²) in [6.45, 7) is 1.54. The van der Waals surface area contributed by atoms with E-state index in [0.717, 1.165) is 5.56 Å². The molecule has 0 radical (unpaired) electrons. The summed E-state index contributed by atoms with van der Waals surface area (Å²) in [5.74, 6) is -1.54. The minimum Gasteiger partial charge on any atom is -0.457 e. The van der Waals surface area contributed by atoms with Crippen LogP contribution < -0.4 is 0 Å². The van der Waals surface area contributed by atoms with Gasteiger partial charge in [-0.05, 0) is 12.5 Å². The molecule has 0 spiro atoms. The largest absolute Gasteiger partial charge is 0.457 e. The van der Waals surface area contributed by atoms with Crippen LogP contribution in [0, 0.1) is 0 Å². The van der Waals surface area contributed by atoms with Crippen LogP contribution in [0.5, 0.6) is 0 Å². The molecular formula is C19H14O4. The molecule has 23 heavy (non-hydrogen) atoms. The zero-order valence-corrected chi connectivity index (χ0v) is 12.5. The summed E-state index contributed by atoms with van der Waals surface area (Å²) in [7, 11) is 0. The zero-order valence-electron chi connectivity index (χ0n) is 12.5. The number of hydrogen-bond donors (Lipinski definition) is 0. The lowest BCUT2D eigenvalue weighted by Crippen LogP contribution is -2.26. The van der Waals surface area contributed by atoms with Gasteiger partial charge >= 0.3 is 5.97 Å². The van der Waals surface area contributed by atoms with Gasteiger partial charge < -0.3 is 4.74 Å². The molecule has 0 aliphatic heterocycles. The number of ketones is 2. The van der Waals surface area contributed by atoms with E-state index in [1.165, 1.54) is 6.92 Å². The Bertz CT molecular complexity index is 831. The molecule has 114 valence electrons. The number of ether oxygens (including phenoxy) is 1. The fraction of sp³-hybridized carbons (Fsp3) is 0.105. The highest BCUT2D eigenvalue weighted by atomic mass is 16.5. The summed E-state index contributed by atoms with van der Waals surface area (Å²) in [6, 6.07) is 15.7. The average molecular weight is 306 g/mol. The highest BCUT2D eigenvalue weighted by molar-refractivity contribution is 6.35. The molecule has 1 aliphatic carbocycles. The Morgan fingerprint density at radius 3 is 2.09 bits per heavy atom. The van der Waals surface area contributed by atoms with Crippen LogP contribution in [0.4, 0.5) is 0 Å². The van der Waals surface area contributed by atoms with Gasteiger partial charge in [0.15, 0.2) is 5.78 Å². The third kappa shape index (κ3) is 2.71. The maximum absolute atomic E-state index is 12.5. The van der Waals surface area contributed by atoms with E-state index in [9.17, 15) is 14.4 Å². The second-order valence-corrected chi connectivity index (χ2v) is 5.27. The van der Waals surface area contributed by atoms with Crippen LogP contribution in [-0.2, 0) is 16.1 Å². The van der Waals surface area contributed by atoms with Gasteiger partial charge in [0.25, 0.3) is 0 Å². The highest BCUT2D eigenvalue weighted by Crippen LogP contribution is 2.27. The highest BCUT2D eigenvalue weighted by Gasteiger charge is 2.34. The van der Waals surface area contributed by atoms with Crippen molar-refractivity contribution < 1.29 is 19.1 Å². The molecule has 0 aromatic heterocycles. The van der Waals surface area contributed by atoms with Crippen molar-refractivity contribution in [2.75, 3.05) is 0 Å². The lowest BCUT2D eigenvalue weighted by atomic mass is 9.85. The van der Waals surface area contributed by atoms with Crippen molar-refractivity contribution in [3.8, 4) is 0 Å². The van der Waals surface area contributed by atoms with Crippen molar-refractivity contribution in [1.29, 1.82) is 0 Å². The number of hydrogen-bond acceptors (Lipinski definition) is 4. The molecular weight excluding hydrogens is 292 g/mol. The number of rotatable bonds is 3. The van der Waals surface area contributed by atoms with Gasteiger partial charge in [-0.2, -0.15) is 0 Å². The molecule has 0 saturated carbocycles. The Hall–Kier alpha value is -3.01. The molecule has 0 amide bonds. The van der Waals surface area contributed by atoms with E-state index in [4.69, 9.17) is 4.74 Å². The smallest absolute Gasteiger partial charge is 0.342 e. The monoisotopic (exact) mass is 306 g/mol. The molecule has 0 N–H and O–H groups in total. The molecule has 0 unspecified atom stereocenters. The second kappa shape index (κ2) is 6.01. The molecule has 3 rings (SSSR count). The topological polar surface area (TPSA) is 60.4 Å². The number of esters is 1. The molecule has 4 heteroatoms. The minimum absolute atomic E-state index is 0.0551. The standard InChI is InChI=1S/C19H14O4/c1-12-16(19(22)23-11-13-7-3-2-4-8-13)18(21)15-10-6-5-9-14(15)17(12)20/h2-10H,11H2,1H3. The van der Waals surface area contributed by atoms with Crippen molar-refractivity contribution in [2.45, 2.75) is 13.5 Å². The lowest BCUT2D eigenvalue weighted by molar-refractivity contribution is -0.139. The number of Topliss-reactive ketones (excluding diaryl/α,β-unsaturated/α-hetero) is 2. The quantitative estimate of drug-likeness (QED) is 0.645. The van der Waals surface area contributed by atoms with Gasteiger partial charge in [-0.25, -0.2) is 4.79 Å². The van der Waals surface area contributed by atoms with Gasteiger partial charge in [-0.1, -0.05) is 54.6 Å². The molecule has 2 aromatic rings. The first-order valence-electron chi connectivity index (χ1n) is 7.20. The average Bonchev–Trinajstić information content (AvgIpc) is 2.59. The molecule has 0 heterocycles. The minimum atomic E-state index is -0.765. The predicted molar refractivity (Wildman–Crippen MR) is 84.0 cm³/mol. The molecule has 0 bridgehead atoms. The summed E-state index contributed by atoms with van der Waals surface area (Å²) in [5, 5.41) is 0. The molecule has 1 aliphatic rings. The molecule has 0 saturated heterocycles. The Morgan fingerprint density at radius 1 is 0.870 bits per heavy atom. The SMILES string of the molecule is CC1=C(C(=O)OCc2ccccc2)C(=O)c2ccccc2C1=O. The Labute approximate surface area is 133 Å². The predicted octanol–water partition coefficient (Wildman–Crippen LogP) is 3.13. The Balaban J connectivity index is 1.87. The first kappa shape index (κ1) is 14.9. The van der Waals surface area contributed by atoms with Gasteiger partial charge in [0, 0.05) is 16.7 Å². The fourth-order valence-corrected chi connectivity index (χ4v) is 2.54. The van der Waals surface area contributed by atoms with E-state index >= 15 is 0 Å². The Kier molecular flexibility index (Phi) is 3.89. The van der Waals surface area contributed by atoms with E-state index in [2.05, 4.69) is 0 Å². The van der Waals surface area contributed by atoms with Gasteiger partial charge in [0.05, 0.1) is 0 Å². The van der Waals surface area contributed by atoms with Crippen LogP contribution >= 0.6 is 0 Å². The van der Waals surface area contributed by atoms with E-state index in [1.54, 1.807) is 24.3 Å². The summed E-state index contributed by atoms with van der Waals surface area (Å²) in [6.07, 6.45) is 0. The zero-order chi connectivity index (χ0) is 16.4. The summed E-state index contributed by atoms with van der Waals surface area (Å²) in [5.41, 5.74) is 1.34. The van der Waals surface area contributed by atoms with Crippen molar-refractivity contribution >= 4 is 17.5 Å². The molecule has 4 nitrogen and oxygen atoms in total. The number of carbonyl (C=O) groups excluding carboxylic acids is 3. The van der Waals surface area contributed by atoms with Gasteiger partial charge in [0.2, 0.25) is 5.78 Å². The molecule has 2 aromatic carbocycles. The number of benzene rings is 2. The van der Waals surface area contributed by atoms with E-state index in [0.29, 0.717) is 5.56 Å². The van der Waals surface area contributed by atoms with Crippen molar-refractivity contribution in [3.63, 3.8) is 0 Å². The third-order valence-electron chi connectivity index (χ3n) is 3.78. The maximum Gasteiger partial charge on any atom is 0.342 e. The van der Waals surface area contributed by atoms with Crippen molar-refractivity contribution in [3.05, 3.63) is 82.4 Å². The first-order chi connectivity index (χ1) is 11.1. The second-order valence-electron chi connectivity index (χ2n) is 5.27. The first-order valence-corrected chi connectivity index (χ1v) is 7.20. The number of carbonyl (C=O) groups is 3. The van der Waals surface area contributed by atoms with Crippen LogP contribution in [0.3, 0.4) is 0 Å². The normalized spacial score (nSPS) is 13.8. The van der Waals surface area contributed by atoms with E-state index < -0.39 is 11.8 Å². The summed E-state index contributed by atoms with van der Waals surface area (Å²) in [4.78, 5) is 37.1. The third-order valence-corrected chi connectivity index (χ3v) is 3.78. The van der Waals surface area contributed by atoms with Crippen LogP contribution in [0.1, 0.15) is 33.2 Å². The van der Waals surface area contributed by atoms with E-state index in [1.807, 2.05) is 30.3 Å². The maximum atomic E-state index is 12.5.